The zero-order valence-electron chi connectivity index (χ0n) is 9.42. The van der Waals surface area contributed by atoms with Crippen LogP contribution in [0.15, 0.2) is 0 Å². The second kappa shape index (κ2) is 4.73. The summed E-state index contributed by atoms with van der Waals surface area (Å²) in [7, 11) is 0. The van der Waals surface area contributed by atoms with E-state index in [1.54, 1.807) is 6.92 Å². The van der Waals surface area contributed by atoms with Crippen LogP contribution in [0.25, 0.3) is 0 Å². The minimum atomic E-state index is -0.355. The summed E-state index contributed by atoms with van der Waals surface area (Å²) in [5.41, 5.74) is 0. The first kappa shape index (κ1) is 11.3. The molecule has 86 valence electrons. The molecule has 2 nitrogen and oxygen atoms in total. The van der Waals surface area contributed by atoms with Gasteiger partial charge < -0.3 is 4.90 Å². The Hall–Kier alpha value is -0.240. The number of rotatable bonds is 2. The van der Waals surface area contributed by atoms with Crippen molar-refractivity contribution >= 4 is 17.5 Å². The Labute approximate surface area is 97.0 Å². The number of amides is 1. The van der Waals surface area contributed by atoms with Crippen LogP contribution in [0.4, 0.5) is 0 Å². The number of halogens is 1. The second-order valence-electron chi connectivity index (χ2n) is 4.90. The van der Waals surface area contributed by atoms with Gasteiger partial charge in [0, 0.05) is 12.6 Å². The second-order valence-corrected chi connectivity index (χ2v) is 5.56. The van der Waals surface area contributed by atoms with Crippen molar-refractivity contribution in [3.8, 4) is 0 Å². The SMILES string of the molecule is CC(Cl)C(=O)N1CCCC1C1CCCC1. The normalized spacial score (nSPS) is 29.7. The molecule has 1 amide bonds. The molecule has 1 saturated heterocycles. The summed E-state index contributed by atoms with van der Waals surface area (Å²) in [6.45, 7) is 2.71. The first-order valence-corrected chi connectivity index (χ1v) is 6.58. The molecule has 1 heterocycles. The van der Waals surface area contributed by atoms with Gasteiger partial charge in [0.2, 0.25) is 5.91 Å². The van der Waals surface area contributed by atoms with Gasteiger partial charge in [-0.1, -0.05) is 12.8 Å². The van der Waals surface area contributed by atoms with E-state index in [-0.39, 0.29) is 11.3 Å². The molecule has 0 aromatic heterocycles. The molecule has 1 aliphatic carbocycles. The lowest BCUT2D eigenvalue weighted by atomic mass is 9.96. The van der Waals surface area contributed by atoms with Crippen LogP contribution in [0, 0.1) is 5.92 Å². The molecule has 0 N–H and O–H groups in total. The summed E-state index contributed by atoms with van der Waals surface area (Å²) in [5, 5.41) is -0.355. The van der Waals surface area contributed by atoms with Crippen molar-refractivity contribution in [2.24, 2.45) is 5.92 Å². The molecule has 2 unspecified atom stereocenters. The van der Waals surface area contributed by atoms with E-state index in [0.717, 1.165) is 18.9 Å². The average Bonchev–Trinajstić information content (AvgIpc) is 2.86. The zero-order chi connectivity index (χ0) is 10.8. The number of carbonyl (C=O) groups excluding carboxylic acids is 1. The minimum Gasteiger partial charge on any atom is -0.338 e. The molecule has 2 aliphatic rings. The number of alkyl halides is 1. The Balaban J connectivity index is 2.01. The van der Waals surface area contributed by atoms with Crippen molar-refractivity contribution in [2.75, 3.05) is 6.54 Å². The van der Waals surface area contributed by atoms with E-state index in [1.807, 2.05) is 4.90 Å². The lowest BCUT2D eigenvalue weighted by Gasteiger charge is -2.30. The van der Waals surface area contributed by atoms with E-state index < -0.39 is 0 Å². The maximum absolute atomic E-state index is 11.9. The molecule has 1 saturated carbocycles. The maximum atomic E-state index is 11.9. The number of likely N-dealkylation sites (tertiary alicyclic amines) is 1. The third kappa shape index (κ3) is 2.30. The van der Waals surface area contributed by atoms with Gasteiger partial charge in [0.05, 0.1) is 0 Å². The fourth-order valence-electron chi connectivity index (χ4n) is 3.13. The highest BCUT2D eigenvalue weighted by Gasteiger charge is 2.36. The van der Waals surface area contributed by atoms with Crippen LogP contribution >= 0.6 is 11.6 Å². The molecule has 0 bridgehead atoms. The predicted molar refractivity (Wildman–Crippen MR) is 62.0 cm³/mol. The number of hydrogen-bond acceptors (Lipinski definition) is 1. The Bertz CT molecular complexity index is 236. The fraction of sp³-hybridized carbons (Fsp3) is 0.917. The molecule has 1 aliphatic heterocycles. The van der Waals surface area contributed by atoms with Crippen LogP contribution in [0.5, 0.6) is 0 Å². The summed E-state index contributed by atoms with van der Waals surface area (Å²) in [6.07, 6.45) is 7.67. The lowest BCUT2D eigenvalue weighted by molar-refractivity contribution is -0.132. The molecule has 2 fully saturated rings. The molecule has 2 atom stereocenters. The maximum Gasteiger partial charge on any atom is 0.240 e. The fourth-order valence-corrected chi connectivity index (χ4v) is 3.25. The Morgan fingerprint density at radius 3 is 2.53 bits per heavy atom. The van der Waals surface area contributed by atoms with E-state index >= 15 is 0 Å². The highest BCUT2D eigenvalue weighted by molar-refractivity contribution is 6.30. The molecule has 0 aromatic carbocycles. The van der Waals surface area contributed by atoms with Gasteiger partial charge in [-0.3, -0.25) is 4.79 Å². The van der Waals surface area contributed by atoms with E-state index in [0.29, 0.717) is 6.04 Å². The molecule has 0 aromatic rings. The number of nitrogens with zero attached hydrogens (tertiary/aromatic N) is 1. The molecular weight excluding hydrogens is 210 g/mol. The summed E-state index contributed by atoms with van der Waals surface area (Å²) in [5.74, 6) is 0.901. The quantitative estimate of drug-likeness (QED) is 0.667. The van der Waals surface area contributed by atoms with Crippen LogP contribution in [-0.2, 0) is 4.79 Å². The first-order chi connectivity index (χ1) is 7.20. The Kier molecular flexibility index (Phi) is 3.55. The van der Waals surface area contributed by atoms with E-state index in [4.69, 9.17) is 11.6 Å². The number of hydrogen-bond donors (Lipinski definition) is 0. The van der Waals surface area contributed by atoms with Gasteiger partial charge in [-0.15, -0.1) is 11.6 Å². The standard InChI is InChI=1S/C12H20ClNO/c1-9(13)12(15)14-8-4-7-11(14)10-5-2-3-6-10/h9-11H,2-8H2,1H3. The van der Waals surface area contributed by atoms with Crippen molar-refractivity contribution < 1.29 is 4.79 Å². The Morgan fingerprint density at radius 2 is 1.93 bits per heavy atom. The van der Waals surface area contributed by atoms with Gasteiger partial charge in [-0.2, -0.15) is 0 Å². The topological polar surface area (TPSA) is 20.3 Å². The minimum absolute atomic E-state index is 0.145. The predicted octanol–water partition coefficient (Wildman–Crippen LogP) is 2.79. The molecular formula is C12H20ClNO. The lowest BCUT2D eigenvalue weighted by Crippen LogP contribution is -2.42. The van der Waals surface area contributed by atoms with Gasteiger partial charge in [0.1, 0.15) is 5.38 Å². The van der Waals surface area contributed by atoms with E-state index in [9.17, 15) is 4.79 Å². The molecule has 2 rings (SSSR count). The van der Waals surface area contributed by atoms with Crippen LogP contribution < -0.4 is 0 Å². The van der Waals surface area contributed by atoms with Crippen molar-refractivity contribution in [3.05, 3.63) is 0 Å². The number of carbonyl (C=O) groups is 1. The Morgan fingerprint density at radius 1 is 1.27 bits per heavy atom. The zero-order valence-corrected chi connectivity index (χ0v) is 10.2. The van der Waals surface area contributed by atoms with Crippen LogP contribution in [0.1, 0.15) is 45.4 Å². The van der Waals surface area contributed by atoms with Crippen LogP contribution in [-0.4, -0.2) is 28.8 Å². The first-order valence-electron chi connectivity index (χ1n) is 6.14. The van der Waals surface area contributed by atoms with Gasteiger partial charge in [0.25, 0.3) is 0 Å². The highest BCUT2D eigenvalue weighted by atomic mass is 35.5. The van der Waals surface area contributed by atoms with Gasteiger partial charge in [0.15, 0.2) is 0 Å². The highest BCUT2D eigenvalue weighted by Crippen LogP contribution is 2.35. The van der Waals surface area contributed by atoms with Gasteiger partial charge >= 0.3 is 0 Å². The summed E-state index contributed by atoms with van der Waals surface area (Å²) < 4.78 is 0. The summed E-state index contributed by atoms with van der Waals surface area (Å²) in [6, 6.07) is 0.501. The smallest absolute Gasteiger partial charge is 0.240 e. The summed E-state index contributed by atoms with van der Waals surface area (Å²) in [4.78, 5) is 14.0. The van der Waals surface area contributed by atoms with Crippen molar-refractivity contribution in [1.29, 1.82) is 0 Å². The third-order valence-electron chi connectivity index (χ3n) is 3.87. The van der Waals surface area contributed by atoms with E-state index in [2.05, 4.69) is 0 Å². The average molecular weight is 230 g/mol. The third-order valence-corrected chi connectivity index (χ3v) is 4.05. The monoisotopic (exact) mass is 229 g/mol. The molecule has 15 heavy (non-hydrogen) atoms. The van der Waals surface area contributed by atoms with Gasteiger partial charge in [-0.25, -0.2) is 0 Å². The van der Waals surface area contributed by atoms with Crippen molar-refractivity contribution in [1.82, 2.24) is 4.90 Å². The van der Waals surface area contributed by atoms with Crippen molar-refractivity contribution in [3.63, 3.8) is 0 Å². The molecule has 3 heteroatoms. The summed E-state index contributed by atoms with van der Waals surface area (Å²) >= 11 is 5.89. The largest absolute Gasteiger partial charge is 0.338 e. The molecule has 0 spiro atoms. The van der Waals surface area contributed by atoms with Crippen LogP contribution in [0.2, 0.25) is 0 Å². The van der Waals surface area contributed by atoms with Crippen LogP contribution in [0.3, 0.4) is 0 Å². The molecule has 0 radical (unpaired) electrons. The van der Waals surface area contributed by atoms with Crippen molar-refractivity contribution in [2.45, 2.75) is 56.9 Å². The van der Waals surface area contributed by atoms with Gasteiger partial charge in [-0.05, 0) is 38.5 Å². The van der Waals surface area contributed by atoms with E-state index in [1.165, 1.54) is 32.1 Å².